The van der Waals surface area contributed by atoms with Crippen molar-refractivity contribution in [1.29, 1.82) is 0 Å². The Morgan fingerprint density at radius 1 is 0.593 bits per heavy atom. The van der Waals surface area contributed by atoms with E-state index in [1.807, 2.05) is 0 Å². The Bertz CT molecular complexity index is 385. The minimum atomic E-state index is -2.31. The molecule has 0 rings (SSSR count). The second kappa shape index (κ2) is 15.7. The molecule has 27 heavy (non-hydrogen) atoms. The third-order valence-corrected chi connectivity index (χ3v) is 2.99. The monoisotopic (exact) mass is 430 g/mol. The van der Waals surface area contributed by atoms with E-state index in [1.165, 1.54) is 0 Å². The molecule has 10 N–H and O–H groups in total. The third-order valence-electron chi connectivity index (χ3n) is 2.99. The topological polar surface area (TPSA) is 283 Å². The van der Waals surface area contributed by atoms with Gasteiger partial charge in [0.05, 0.1) is 25.2 Å². The predicted octanol–water partition coefficient (Wildman–Crippen LogP) is -10.0. The maximum Gasteiger partial charge on any atom is 2.00 e. The van der Waals surface area contributed by atoms with Gasteiger partial charge in [-0.1, -0.05) is 0 Å². The molecule has 0 aromatic rings. The summed E-state index contributed by atoms with van der Waals surface area (Å²) in [6, 6.07) is 0. The zero-order valence-corrected chi connectivity index (χ0v) is 16.1. The van der Waals surface area contributed by atoms with Crippen LogP contribution >= 0.6 is 0 Å². The van der Waals surface area contributed by atoms with E-state index in [-0.39, 0.29) is 37.7 Å². The molecule has 0 amide bonds. The molecule has 0 radical (unpaired) electrons. The van der Waals surface area contributed by atoms with Crippen LogP contribution in [0.2, 0.25) is 0 Å². The van der Waals surface area contributed by atoms with E-state index >= 15 is 0 Å². The van der Waals surface area contributed by atoms with E-state index in [4.69, 9.17) is 51.1 Å². The molecule has 0 aromatic carbocycles. The molecular formula is C12H22CaO14. The molecule has 156 valence electrons. The van der Waals surface area contributed by atoms with E-state index in [2.05, 4.69) is 0 Å². The van der Waals surface area contributed by atoms with Crippen molar-refractivity contribution >= 4 is 49.7 Å². The van der Waals surface area contributed by atoms with E-state index in [0.717, 1.165) is 0 Å². The van der Waals surface area contributed by atoms with Crippen LogP contribution in [0.3, 0.4) is 0 Å². The van der Waals surface area contributed by atoms with E-state index in [0.29, 0.717) is 0 Å². The average molecular weight is 430 g/mol. The maximum atomic E-state index is 9.98. The van der Waals surface area contributed by atoms with Crippen LogP contribution in [-0.4, -0.2) is 163 Å². The van der Waals surface area contributed by atoms with Crippen molar-refractivity contribution in [2.45, 2.75) is 48.8 Å². The number of aliphatic hydroxyl groups is 10. The van der Waals surface area contributed by atoms with Crippen LogP contribution in [0.15, 0.2) is 0 Å². The SMILES string of the molecule is O=C([O-])[C@@H](O)[C@H](O)[C@@H](O)[C@@H](O)CO.O=C([O-])[C@@H](O)[C@H](O)[C@@H](O)[C@@H](O)CO.[Ca+2]. The van der Waals surface area contributed by atoms with Crippen molar-refractivity contribution in [3.05, 3.63) is 0 Å². The molecule has 0 aliphatic heterocycles. The summed E-state index contributed by atoms with van der Waals surface area (Å²) in [6.45, 7) is -1.73. The van der Waals surface area contributed by atoms with Crippen LogP contribution < -0.4 is 10.2 Å². The number of hydrogen-bond acceptors (Lipinski definition) is 14. The van der Waals surface area contributed by atoms with Gasteiger partial charge < -0.3 is 70.9 Å². The molecule has 14 nitrogen and oxygen atoms in total. The second-order valence-electron chi connectivity index (χ2n) is 4.99. The summed E-state index contributed by atoms with van der Waals surface area (Å²) in [6.07, 6.45) is -16.2. The van der Waals surface area contributed by atoms with Gasteiger partial charge in [0.2, 0.25) is 0 Å². The Morgan fingerprint density at radius 3 is 0.963 bits per heavy atom. The maximum absolute atomic E-state index is 9.98. The first-order valence-electron chi connectivity index (χ1n) is 6.91. The number of rotatable bonds is 10. The van der Waals surface area contributed by atoms with Crippen LogP contribution in [0.4, 0.5) is 0 Å². The number of hydrogen-bond donors (Lipinski definition) is 10. The largest absolute Gasteiger partial charge is 2.00 e. The Kier molecular flexibility index (Phi) is 18.3. The number of carbonyl (C=O) groups is 2. The van der Waals surface area contributed by atoms with Crippen molar-refractivity contribution in [2.24, 2.45) is 0 Å². The van der Waals surface area contributed by atoms with Crippen molar-refractivity contribution in [3.8, 4) is 0 Å². The van der Waals surface area contributed by atoms with Gasteiger partial charge in [0.1, 0.15) is 48.8 Å². The van der Waals surface area contributed by atoms with Crippen LogP contribution in [0.1, 0.15) is 0 Å². The summed E-state index contributed by atoms with van der Waals surface area (Å²) in [4.78, 5) is 20.0. The minimum Gasteiger partial charge on any atom is -0.547 e. The molecule has 0 saturated carbocycles. The molecule has 0 unspecified atom stereocenters. The smallest absolute Gasteiger partial charge is 0.547 e. The molecule has 0 aliphatic carbocycles. The van der Waals surface area contributed by atoms with Gasteiger partial charge in [-0.2, -0.15) is 0 Å². The van der Waals surface area contributed by atoms with Crippen LogP contribution in [-0.2, 0) is 9.59 Å². The normalized spacial score (nSPS) is 19.6. The van der Waals surface area contributed by atoms with Gasteiger partial charge in [0.15, 0.2) is 0 Å². The van der Waals surface area contributed by atoms with Gasteiger partial charge in [0.25, 0.3) is 0 Å². The summed E-state index contributed by atoms with van der Waals surface area (Å²) < 4.78 is 0. The van der Waals surface area contributed by atoms with Crippen molar-refractivity contribution in [3.63, 3.8) is 0 Å². The third kappa shape index (κ3) is 11.4. The van der Waals surface area contributed by atoms with Crippen LogP contribution in [0.5, 0.6) is 0 Å². The standard InChI is InChI=1S/2C6H12O7.Ca/c2*7-1-2(8)3(9)4(10)5(11)6(12)13;/h2*2-5,7-11H,1H2,(H,12,13);/q;;+2/p-2/t2*2-,3-,4+,5-;/m00./s1. The fourth-order valence-electron chi connectivity index (χ4n) is 1.32. The summed E-state index contributed by atoms with van der Waals surface area (Å²) >= 11 is 0. The fourth-order valence-corrected chi connectivity index (χ4v) is 1.32. The van der Waals surface area contributed by atoms with Gasteiger partial charge in [0, 0.05) is 0 Å². The van der Waals surface area contributed by atoms with Crippen molar-refractivity contribution in [1.82, 2.24) is 0 Å². The van der Waals surface area contributed by atoms with Gasteiger partial charge >= 0.3 is 37.7 Å². The predicted molar refractivity (Wildman–Crippen MR) is 78.0 cm³/mol. The number of carbonyl (C=O) groups excluding carboxylic acids is 2. The van der Waals surface area contributed by atoms with E-state index in [1.54, 1.807) is 0 Å². The average Bonchev–Trinajstić information content (AvgIpc) is 2.62. The first kappa shape index (κ1) is 31.5. The molecule has 0 saturated heterocycles. The molecule has 0 aromatic heterocycles. The second-order valence-corrected chi connectivity index (χ2v) is 4.99. The number of aliphatic carboxylic acids is 2. The summed E-state index contributed by atoms with van der Waals surface area (Å²) in [7, 11) is 0. The Hall–Kier alpha value is -0.200. The zero-order valence-electron chi connectivity index (χ0n) is 13.8. The molecule has 15 heteroatoms. The summed E-state index contributed by atoms with van der Waals surface area (Å²) in [5, 5.41) is 107. The van der Waals surface area contributed by atoms with Gasteiger partial charge in [-0.25, -0.2) is 0 Å². The Morgan fingerprint density at radius 2 is 0.815 bits per heavy atom. The molecule has 8 atom stereocenters. The molecule has 0 spiro atoms. The van der Waals surface area contributed by atoms with Crippen molar-refractivity contribution < 1.29 is 70.9 Å². The molecule has 0 bridgehead atoms. The molecule has 0 fully saturated rings. The number of carboxylic acids is 2. The zero-order chi connectivity index (χ0) is 21.2. The van der Waals surface area contributed by atoms with E-state index in [9.17, 15) is 19.8 Å². The summed E-state index contributed by atoms with van der Waals surface area (Å²) in [5.74, 6) is -3.95. The first-order valence-corrected chi connectivity index (χ1v) is 6.91. The van der Waals surface area contributed by atoms with Crippen LogP contribution in [0, 0.1) is 0 Å². The van der Waals surface area contributed by atoms with Gasteiger partial charge in [-0.15, -0.1) is 0 Å². The molecule has 0 heterocycles. The molecular weight excluding hydrogens is 408 g/mol. The number of carboxylic acid groups (broad SMARTS) is 2. The minimum absolute atomic E-state index is 0. The Labute approximate surface area is 182 Å². The Balaban J connectivity index is -0.000000411. The van der Waals surface area contributed by atoms with E-state index < -0.39 is 74.0 Å². The first-order chi connectivity index (χ1) is 11.8. The quantitative estimate of drug-likeness (QED) is 0.144. The molecule has 0 aliphatic rings. The number of aliphatic hydroxyl groups excluding tert-OH is 10. The van der Waals surface area contributed by atoms with Gasteiger partial charge in [-0.05, 0) is 0 Å². The fraction of sp³-hybridized carbons (Fsp3) is 0.833. The summed E-state index contributed by atoms with van der Waals surface area (Å²) in [5.41, 5.74) is 0. The van der Waals surface area contributed by atoms with Gasteiger partial charge in [-0.3, -0.25) is 0 Å². The van der Waals surface area contributed by atoms with Crippen LogP contribution in [0.25, 0.3) is 0 Å². The van der Waals surface area contributed by atoms with Crippen molar-refractivity contribution in [2.75, 3.05) is 13.2 Å².